The van der Waals surface area contributed by atoms with Crippen molar-refractivity contribution in [1.82, 2.24) is 5.32 Å². The molecule has 0 atom stereocenters. The van der Waals surface area contributed by atoms with Crippen molar-refractivity contribution >= 4 is 16.7 Å². The van der Waals surface area contributed by atoms with Gasteiger partial charge < -0.3 is 10.4 Å². The van der Waals surface area contributed by atoms with Gasteiger partial charge in [0.05, 0.1) is 0 Å². The second-order valence-corrected chi connectivity index (χ2v) is 3.86. The number of aromatic hydroxyl groups is 1. The summed E-state index contributed by atoms with van der Waals surface area (Å²) in [6, 6.07) is 10.5. The van der Waals surface area contributed by atoms with Gasteiger partial charge in [-0.1, -0.05) is 24.3 Å². The van der Waals surface area contributed by atoms with Crippen LogP contribution in [0.5, 0.6) is 5.75 Å². The Kier molecular flexibility index (Phi) is 2.59. The molecule has 17 heavy (non-hydrogen) atoms. The lowest BCUT2D eigenvalue weighted by molar-refractivity contribution is -0.118. The normalized spacial score (nSPS) is 13.0. The molecular weight excluding hydrogens is 214 g/mol. The fourth-order valence-corrected chi connectivity index (χ4v) is 1.74. The van der Waals surface area contributed by atoms with E-state index >= 15 is 0 Å². The highest BCUT2D eigenvalue weighted by Gasteiger charge is 2.02. The summed E-state index contributed by atoms with van der Waals surface area (Å²) in [5.74, 6) is -0.270. The number of amides is 1. The van der Waals surface area contributed by atoms with Crippen molar-refractivity contribution in [3.05, 3.63) is 42.0 Å². The lowest BCUT2D eigenvalue weighted by Gasteiger charge is -2.07. The SMILES string of the molecule is [2H]C([2H])(Cc1cccc2ccc(O)cc12)NC(C)=O. The quantitative estimate of drug-likeness (QED) is 0.851. The standard InChI is InChI=1S/C14H15NO2/c1-10(16)15-8-7-12-4-2-3-11-5-6-13(17)9-14(11)12/h2-6,9,17H,7-8H2,1H3,(H,15,16)/i8D2. The number of benzene rings is 2. The summed E-state index contributed by atoms with van der Waals surface area (Å²) in [5.41, 5.74) is 0.743. The maximum Gasteiger partial charge on any atom is 0.216 e. The molecule has 88 valence electrons. The Morgan fingerprint density at radius 3 is 3.00 bits per heavy atom. The maximum atomic E-state index is 11.0. The molecule has 0 saturated heterocycles. The average molecular weight is 231 g/mol. The van der Waals surface area contributed by atoms with Gasteiger partial charge in [-0.25, -0.2) is 0 Å². The molecule has 0 radical (unpaired) electrons. The lowest BCUT2D eigenvalue weighted by Crippen LogP contribution is -2.22. The number of nitrogens with one attached hydrogen (secondary N) is 1. The van der Waals surface area contributed by atoms with E-state index in [2.05, 4.69) is 5.32 Å². The third kappa shape index (κ3) is 2.75. The van der Waals surface area contributed by atoms with Crippen LogP contribution in [-0.4, -0.2) is 17.5 Å². The van der Waals surface area contributed by atoms with Crippen LogP contribution in [-0.2, 0) is 11.2 Å². The molecule has 2 aromatic carbocycles. The van der Waals surface area contributed by atoms with Crippen molar-refractivity contribution in [3.8, 4) is 5.75 Å². The highest BCUT2D eigenvalue weighted by molar-refractivity contribution is 5.87. The van der Waals surface area contributed by atoms with E-state index < -0.39 is 12.4 Å². The summed E-state index contributed by atoms with van der Waals surface area (Å²) in [5, 5.41) is 13.5. The van der Waals surface area contributed by atoms with Gasteiger partial charge in [-0.3, -0.25) is 4.79 Å². The Bertz CT molecular complexity index is 626. The summed E-state index contributed by atoms with van der Waals surface area (Å²) < 4.78 is 15.6. The Balaban J connectivity index is 2.40. The summed E-state index contributed by atoms with van der Waals surface area (Å²) in [6.07, 6.45) is 0.0490. The highest BCUT2D eigenvalue weighted by Crippen LogP contribution is 2.23. The second kappa shape index (κ2) is 4.87. The Labute approximate surface area is 103 Å². The molecular formula is C14H15NO2. The van der Waals surface area contributed by atoms with Crippen molar-refractivity contribution in [2.24, 2.45) is 0 Å². The summed E-state index contributed by atoms with van der Waals surface area (Å²) in [4.78, 5) is 11.0. The van der Waals surface area contributed by atoms with Gasteiger partial charge in [0.15, 0.2) is 0 Å². The minimum atomic E-state index is -1.81. The van der Waals surface area contributed by atoms with Crippen LogP contribution >= 0.6 is 0 Å². The number of hydrogen-bond acceptors (Lipinski definition) is 2. The minimum Gasteiger partial charge on any atom is -0.508 e. The van der Waals surface area contributed by atoms with E-state index in [1.165, 1.54) is 6.92 Å². The number of phenols is 1. The van der Waals surface area contributed by atoms with Crippen LogP contribution in [0.1, 0.15) is 15.2 Å². The first-order valence-electron chi connectivity index (χ1n) is 6.37. The molecule has 0 unspecified atom stereocenters. The van der Waals surface area contributed by atoms with Crippen LogP contribution in [0.25, 0.3) is 10.8 Å². The fourth-order valence-electron chi connectivity index (χ4n) is 1.74. The Morgan fingerprint density at radius 2 is 2.24 bits per heavy atom. The molecule has 0 saturated carbocycles. The zero-order valence-electron chi connectivity index (χ0n) is 11.5. The lowest BCUT2D eigenvalue weighted by atomic mass is 10.0. The monoisotopic (exact) mass is 231 g/mol. The van der Waals surface area contributed by atoms with Gasteiger partial charge in [0.1, 0.15) is 5.75 Å². The first kappa shape index (κ1) is 9.05. The molecule has 0 spiro atoms. The largest absolute Gasteiger partial charge is 0.508 e. The molecule has 0 fully saturated rings. The van der Waals surface area contributed by atoms with E-state index in [4.69, 9.17) is 2.74 Å². The van der Waals surface area contributed by atoms with E-state index in [-0.39, 0.29) is 12.2 Å². The first-order chi connectivity index (χ1) is 8.87. The van der Waals surface area contributed by atoms with Gasteiger partial charge in [-0.05, 0) is 34.9 Å². The summed E-state index contributed by atoms with van der Waals surface area (Å²) in [6.45, 7) is -0.529. The number of carbonyl (C=O) groups excluding carboxylic acids is 1. The molecule has 0 bridgehead atoms. The van der Waals surface area contributed by atoms with Gasteiger partial charge in [0.25, 0.3) is 0 Å². The minimum absolute atomic E-state index is 0.0490. The molecule has 0 aliphatic heterocycles. The third-order valence-electron chi connectivity index (χ3n) is 2.50. The van der Waals surface area contributed by atoms with E-state index in [0.717, 1.165) is 16.3 Å². The number of carbonyl (C=O) groups is 1. The average Bonchev–Trinajstić information content (AvgIpc) is 2.27. The van der Waals surface area contributed by atoms with E-state index in [1.807, 2.05) is 12.1 Å². The van der Waals surface area contributed by atoms with E-state index in [0.29, 0.717) is 0 Å². The predicted octanol–water partition coefficient (Wildman–Crippen LogP) is 2.22. The summed E-state index contributed by atoms with van der Waals surface area (Å²) >= 11 is 0. The van der Waals surface area contributed by atoms with Crippen LogP contribution in [0.15, 0.2) is 36.4 Å². The maximum absolute atomic E-state index is 11.0. The summed E-state index contributed by atoms with van der Waals surface area (Å²) in [7, 11) is 0. The van der Waals surface area contributed by atoms with E-state index in [9.17, 15) is 9.90 Å². The number of phenolic OH excluding ortho intramolecular Hbond substituents is 1. The van der Waals surface area contributed by atoms with Crippen LogP contribution in [0.2, 0.25) is 0 Å². The van der Waals surface area contributed by atoms with Crippen LogP contribution in [0.3, 0.4) is 0 Å². The Morgan fingerprint density at radius 1 is 1.41 bits per heavy atom. The van der Waals surface area contributed by atoms with E-state index in [1.54, 1.807) is 24.3 Å². The first-order valence-corrected chi connectivity index (χ1v) is 5.37. The number of aryl methyl sites for hydroxylation is 1. The van der Waals surface area contributed by atoms with Crippen molar-refractivity contribution in [2.75, 3.05) is 6.50 Å². The smallest absolute Gasteiger partial charge is 0.216 e. The van der Waals surface area contributed by atoms with Crippen molar-refractivity contribution in [3.63, 3.8) is 0 Å². The number of rotatable bonds is 3. The van der Waals surface area contributed by atoms with Crippen molar-refractivity contribution in [2.45, 2.75) is 13.3 Å². The molecule has 0 aromatic heterocycles. The number of hydrogen-bond donors (Lipinski definition) is 2. The third-order valence-corrected chi connectivity index (χ3v) is 2.50. The van der Waals surface area contributed by atoms with Crippen molar-refractivity contribution in [1.29, 1.82) is 0 Å². The van der Waals surface area contributed by atoms with Gasteiger partial charge in [-0.2, -0.15) is 0 Å². The molecule has 0 aliphatic carbocycles. The van der Waals surface area contributed by atoms with Gasteiger partial charge in [0, 0.05) is 16.2 Å². The zero-order valence-corrected chi connectivity index (χ0v) is 9.53. The van der Waals surface area contributed by atoms with Crippen LogP contribution < -0.4 is 5.32 Å². The zero-order chi connectivity index (χ0) is 14.0. The topological polar surface area (TPSA) is 49.3 Å². The van der Waals surface area contributed by atoms with Crippen LogP contribution in [0.4, 0.5) is 0 Å². The molecule has 1 amide bonds. The molecule has 3 nitrogen and oxygen atoms in total. The Hall–Kier alpha value is -2.03. The van der Waals surface area contributed by atoms with Crippen molar-refractivity contribution < 1.29 is 12.6 Å². The van der Waals surface area contributed by atoms with Crippen LogP contribution in [0, 0.1) is 0 Å². The van der Waals surface area contributed by atoms with Gasteiger partial charge in [0.2, 0.25) is 5.91 Å². The molecule has 2 rings (SSSR count). The molecule has 2 N–H and O–H groups in total. The molecule has 0 aliphatic rings. The second-order valence-electron chi connectivity index (χ2n) is 3.86. The number of fused-ring (bicyclic) bond motifs is 1. The molecule has 0 heterocycles. The fraction of sp³-hybridized carbons (Fsp3) is 0.214. The predicted molar refractivity (Wildman–Crippen MR) is 68.0 cm³/mol. The van der Waals surface area contributed by atoms with Gasteiger partial charge in [-0.15, -0.1) is 0 Å². The molecule has 2 aromatic rings. The van der Waals surface area contributed by atoms with Gasteiger partial charge >= 0.3 is 0 Å². The molecule has 3 heteroatoms. The highest BCUT2D eigenvalue weighted by atomic mass is 16.3.